The van der Waals surface area contributed by atoms with Gasteiger partial charge in [-0.25, -0.2) is 0 Å². The Morgan fingerprint density at radius 2 is 1.95 bits per heavy atom. The van der Waals surface area contributed by atoms with Crippen molar-refractivity contribution in [1.29, 1.82) is 0 Å². The Labute approximate surface area is 154 Å². The largest absolute Gasteiger partial charge is 0.489 e. The van der Waals surface area contributed by atoms with E-state index in [9.17, 15) is 0 Å². The van der Waals surface area contributed by atoms with Gasteiger partial charge in [0, 0.05) is 32.3 Å². The maximum atomic E-state index is 5.84. The number of hydrogen-bond donors (Lipinski definition) is 2. The monoisotopic (exact) mass is 441 g/mol. The van der Waals surface area contributed by atoms with Gasteiger partial charge in [0.05, 0.1) is 6.54 Å². The van der Waals surface area contributed by atoms with Crippen molar-refractivity contribution < 1.29 is 9.47 Å². The molecule has 1 aromatic carbocycles. The second-order valence-corrected chi connectivity index (χ2v) is 5.05. The van der Waals surface area contributed by atoms with E-state index >= 15 is 0 Å². The highest BCUT2D eigenvalue weighted by atomic mass is 127. The average Bonchev–Trinajstić information content (AvgIpc) is 2.49. The van der Waals surface area contributed by atoms with Crippen molar-refractivity contribution in [2.45, 2.75) is 19.4 Å². The van der Waals surface area contributed by atoms with Crippen LogP contribution >= 0.6 is 35.6 Å². The first-order valence-electron chi connectivity index (χ1n) is 7.01. The number of aliphatic imine (C=N–C) groups is 1. The number of methoxy groups -OCH3 is 1. The predicted octanol–water partition coefficient (Wildman–Crippen LogP) is 2.93. The van der Waals surface area contributed by atoms with Crippen molar-refractivity contribution in [3.63, 3.8) is 0 Å². The lowest BCUT2D eigenvalue weighted by molar-refractivity contribution is 0.195. The Hall–Kier alpha value is -0.730. The van der Waals surface area contributed by atoms with Crippen LogP contribution in [0.2, 0.25) is 5.02 Å². The van der Waals surface area contributed by atoms with Gasteiger partial charge in [-0.1, -0.05) is 11.6 Å². The molecule has 7 heteroatoms. The van der Waals surface area contributed by atoms with E-state index in [1.165, 1.54) is 0 Å². The first kappa shape index (κ1) is 21.3. The third-order valence-corrected chi connectivity index (χ3v) is 3.00. The molecule has 0 radical (unpaired) electrons. The Morgan fingerprint density at radius 3 is 2.55 bits per heavy atom. The number of rotatable bonds is 8. The minimum absolute atomic E-state index is 0. The van der Waals surface area contributed by atoms with Crippen LogP contribution < -0.4 is 15.4 Å². The maximum absolute atomic E-state index is 5.84. The molecule has 1 rings (SSSR count). The molecular formula is C15H25ClIN3O2. The molecule has 0 bridgehead atoms. The molecule has 0 fully saturated rings. The molecule has 5 nitrogen and oxygen atoms in total. The van der Waals surface area contributed by atoms with Gasteiger partial charge in [0.1, 0.15) is 11.9 Å². The summed E-state index contributed by atoms with van der Waals surface area (Å²) in [6, 6.07) is 7.34. The highest BCUT2D eigenvalue weighted by Gasteiger charge is 2.05. The average molecular weight is 442 g/mol. The Morgan fingerprint density at radius 1 is 1.27 bits per heavy atom. The summed E-state index contributed by atoms with van der Waals surface area (Å²) in [7, 11) is 3.44. The molecule has 1 unspecified atom stereocenters. The van der Waals surface area contributed by atoms with Crippen LogP contribution in [-0.4, -0.2) is 45.9 Å². The lowest BCUT2D eigenvalue weighted by atomic mass is 10.3. The van der Waals surface area contributed by atoms with E-state index in [4.69, 9.17) is 21.1 Å². The van der Waals surface area contributed by atoms with E-state index in [0.29, 0.717) is 11.6 Å². The predicted molar refractivity (Wildman–Crippen MR) is 103 cm³/mol. The molecule has 0 saturated carbocycles. The number of ether oxygens (including phenoxy) is 2. The van der Waals surface area contributed by atoms with Gasteiger partial charge in [-0.15, -0.1) is 24.0 Å². The number of guanidine groups is 1. The van der Waals surface area contributed by atoms with E-state index < -0.39 is 0 Å². The van der Waals surface area contributed by atoms with Crippen molar-refractivity contribution in [2.24, 2.45) is 4.99 Å². The molecule has 0 saturated heterocycles. The highest BCUT2D eigenvalue weighted by molar-refractivity contribution is 14.0. The van der Waals surface area contributed by atoms with Crippen molar-refractivity contribution in [3.05, 3.63) is 29.3 Å². The van der Waals surface area contributed by atoms with Crippen molar-refractivity contribution >= 4 is 41.5 Å². The second kappa shape index (κ2) is 12.8. The third-order valence-electron chi connectivity index (χ3n) is 2.75. The molecule has 22 heavy (non-hydrogen) atoms. The zero-order valence-corrected chi connectivity index (χ0v) is 16.4. The molecular weight excluding hydrogens is 417 g/mol. The molecule has 0 aliphatic heterocycles. The summed E-state index contributed by atoms with van der Waals surface area (Å²) in [5.41, 5.74) is 0. The summed E-state index contributed by atoms with van der Waals surface area (Å²) in [6.07, 6.45) is 0.956. The van der Waals surface area contributed by atoms with Gasteiger partial charge in [0.2, 0.25) is 0 Å². The summed E-state index contributed by atoms with van der Waals surface area (Å²) < 4.78 is 10.8. The van der Waals surface area contributed by atoms with Crippen LogP contribution in [0.1, 0.15) is 13.3 Å². The quantitative estimate of drug-likeness (QED) is 0.282. The van der Waals surface area contributed by atoms with Crippen molar-refractivity contribution in [2.75, 3.05) is 33.9 Å². The Kier molecular flexibility index (Phi) is 12.4. The number of halogens is 2. The number of nitrogens with zero attached hydrogens (tertiary/aromatic N) is 1. The van der Waals surface area contributed by atoms with E-state index in [1.807, 2.05) is 31.2 Å². The summed E-state index contributed by atoms with van der Waals surface area (Å²) in [5, 5.41) is 7.14. The fraction of sp³-hybridized carbons (Fsp3) is 0.533. The Balaban J connectivity index is 0.00000441. The molecule has 1 atom stereocenters. The minimum atomic E-state index is 0. The lowest BCUT2D eigenvalue weighted by Crippen LogP contribution is -2.42. The standard InChI is InChI=1S/C15H24ClN3O2.HI/c1-12(21-14-7-5-13(16)6-8-14)11-19-15(17-2)18-9-4-10-20-3;/h5-8,12H,4,9-11H2,1-3H3,(H2,17,18,19);1H. The smallest absolute Gasteiger partial charge is 0.191 e. The van der Waals surface area contributed by atoms with Gasteiger partial charge < -0.3 is 20.1 Å². The van der Waals surface area contributed by atoms with E-state index in [2.05, 4.69) is 15.6 Å². The van der Waals surface area contributed by atoms with Crippen LogP contribution in [0.15, 0.2) is 29.3 Å². The molecule has 2 N–H and O–H groups in total. The van der Waals surface area contributed by atoms with E-state index in [-0.39, 0.29) is 30.1 Å². The van der Waals surface area contributed by atoms with Gasteiger partial charge >= 0.3 is 0 Å². The van der Waals surface area contributed by atoms with Gasteiger partial charge in [-0.05, 0) is 37.6 Å². The van der Waals surface area contributed by atoms with Gasteiger partial charge in [0.25, 0.3) is 0 Å². The zero-order valence-electron chi connectivity index (χ0n) is 13.3. The first-order chi connectivity index (χ1) is 10.2. The lowest BCUT2D eigenvalue weighted by Gasteiger charge is -2.17. The highest BCUT2D eigenvalue weighted by Crippen LogP contribution is 2.16. The normalized spacial score (nSPS) is 12.3. The SMILES string of the molecule is CN=C(NCCCOC)NCC(C)Oc1ccc(Cl)cc1.I. The molecule has 0 aliphatic rings. The molecule has 0 spiro atoms. The summed E-state index contributed by atoms with van der Waals surface area (Å²) in [5.74, 6) is 1.56. The molecule has 0 aromatic heterocycles. The minimum Gasteiger partial charge on any atom is -0.489 e. The van der Waals surface area contributed by atoms with Gasteiger partial charge in [-0.3, -0.25) is 4.99 Å². The van der Waals surface area contributed by atoms with E-state index in [0.717, 1.165) is 31.3 Å². The summed E-state index contributed by atoms with van der Waals surface area (Å²) >= 11 is 5.84. The first-order valence-corrected chi connectivity index (χ1v) is 7.39. The van der Waals surface area contributed by atoms with Gasteiger partial charge in [-0.2, -0.15) is 0 Å². The number of nitrogens with one attached hydrogen (secondary N) is 2. The van der Waals surface area contributed by atoms with Crippen molar-refractivity contribution in [3.8, 4) is 5.75 Å². The third kappa shape index (κ3) is 9.32. The van der Waals surface area contributed by atoms with Crippen LogP contribution in [-0.2, 0) is 4.74 Å². The fourth-order valence-electron chi connectivity index (χ4n) is 1.67. The van der Waals surface area contributed by atoms with Crippen LogP contribution in [0.3, 0.4) is 0 Å². The van der Waals surface area contributed by atoms with E-state index in [1.54, 1.807) is 14.2 Å². The Bertz CT molecular complexity index is 429. The zero-order chi connectivity index (χ0) is 15.5. The van der Waals surface area contributed by atoms with Crippen LogP contribution in [0.25, 0.3) is 0 Å². The molecule has 0 aliphatic carbocycles. The summed E-state index contributed by atoms with van der Waals surface area (Å²) in [6.45, 7) is 4.21. The maximum Gasteiger partial charge on any atom is 0.191 e. The second-order valence-electron chi connectivity index (χ2n) is 4.61. The summed E-state index contributed by atoms with van der Waals surface area (Å²) in [4.78, 5) is 4.16. The number of benzene rings is 1. The van der Waals surface area contributed by atoms with Gasteiger partial charge in [0.15, 0.2) is 5.96 Å². The molecule has 126 valence electrons. The fourth-order valence-corrected chi connectivity index (χ4v) is 1.80. The van der Waals surface area contributed by atoms with Crippen molar-refractivity contribution in [1.82, 2.24) is 10.6 Å². The van der Waals surface area contributed by atoms with Crippen LogP contribution in [0.5, 0.6) is 5.75 Å². The van der Waals surface area contributed by atoms with Crippen LogP contribution in [0, 0.1) is 0 Å². The topological polar surface area (TPSA) is 54.9 Å². The number of hydrogen-bond acceptors (Lipinski definition) is 3. The molecule has 0 heterocycles. The molecule has 1 aromatic rings. The van der Waals surface area contributed by atoms with Crippen LogP contribution in [0.4, 0.5) is 0 Å². The molecule has 0 amide bonds.